The van der Waals surface area contributed by atoms with Crippen LogP contribution < -0.4 is 5.73 Å². The van der Waals surface area contributed by atoms with Gasteiger partial charge < -0.3 is 5.73 Å². The van der Waals surface area contributed by atoms with E-state index >= 15 is 0 Å². The zero-order valence-corrected chi connectivity index (χ0v) is 8.77. The Hall–Kier alpha value is -1.83. The van der Waals surface area contributed by atoms with Crippen molar-refractivity contribution in [3.05, 3.63) is 59.4 Å². The van der Waals surface area contributed by atoms with Gasteiger partial charge in [0.05, 0.1) is 11.9 Å². The maximum Gasteiger partial charge on any atom is 0.0536 e. The molecular weight excluding hydrogens is 184 g/mol. The van der Waals surface area contributed by atoms with E-state index in [9.17, 15) is 0 Å². The average molecular weight is 198 g/mol. The number of hydrogen-bond donors (Lipinski definition) is 1. The molecule has 76 valence electrons. The Morgan fingerprint density at radius 1 is 1.13 bits per heavy atom. The first-order chi connectivity index (χ1) is 7.27. The van der Waals surface area contributed by atoms with Crippen LogP contribution in [0.5, 0.6) is 0 Å². The van der Waals surface area contributed by atoms with Crippen LogP contribution in [-0.4, -0.2) is 4.98 Å². The van der Waals surface area contributed by atoms with E-state index in [-0.39, 0.29) is 0 Å². The minimum atomic E-state index is 0.765. The summed E-state index contributed by atoms with van der Waals surface area (Å²) in [5.41, 5.74) is 10.4. The Labute approximate surface area is 89.8 Å². The molecule has 0 atom stereocenters. The summed E-state index contributed by atoms with van der Waals surface area (Å²) < 4.78 is 0. The number of nitrogen functional groups attached to an aromatic ring is 1. The Morgan fingerprint density at radius 2 is 1.93 bits per heavy atom. The highest BCUT2D eigenvalue weighted by atomic mass is 14.7. The van der Waals surface area contributed by atoms with Crippen LogP contribution in [0.15, 0.2) is 42.7 Å². The van der Waals surface area contributed by atoms with Crippen LogP contribution >= 0.6 is 0 Å². The number of hydrogen-bond acceptors (Lipinski definition) is 2. The van der Waals surface area contributed by atoms with E-state index in [1.54, 1.807) is 12.4 Å². The number of rotatable bonds is 2. The molecule has 2 heteroatoms. The van der Waals surface area contributed by atoms with Crippen LogP contribution in [0.4, 0.5) is 5.69 Å². The van der Waals surface area contributed by atoms with Crippen molar-refractivity contribution < 1.29 is 0 Å². The van der Waals surface area contributed by atoms with Crippen molar-refractivity contribution in [2.75, 3.05) is 5.73 Å². The molecule has 1 aromatic carbocycles. The first kappa shape index (κ1) is 9.71. The lowest BCUT2D eigenvalue weighted by Crippen LogP contribution is -1.97. The molecule has 0 saturated heterocycles. The fourth-order valence-electron chi connectivity index (χ4n) is 1.61. The second kappa shape index (κ2) is 4.13. The SMILES string of the molecule is Cc1ccccc1Cc1ccncc1N. The van der Waals surface area contributed by atoms with Gasteiger partial charge in [-0.3, -0.25) is 4.98 Å². The summed E-state index contributed by atoms with van der Waals surface area (Å²) in [6, 6.07) is 10.3. The van der Waals surface area contributed by atoms with Crippen LogP contribution in [0, 0.1) is 6.92 Å². The van der Waals surface area contributed by atoms with Gasteiger partial charge in [0, 0.05) is 6.20 Å². The quantitative estimate of drug-likeness (QED) is 0.805. The number of nitrogens with two attached hydrogens (primary N) is 1. The molecule has 15 heavy (non-hydrogen) atoms. The smallest absolute Gasteiger partial charge is 0.0536 e. The molecule has 1 aromatic heterocycles. The molecular formula is C13H14N2. The average Bonchev–Trinajstić information content (AvgIpc) is 2.24. The molecule has 0 saturated carbocycles. The van der Waals surface area contributed by atoms with Gasteiger partial charge in [0.25, 0.3) is 0 Å². The molecule has 0 aliphatic heterocycles. The summed E-state index contributed by atoms with van der Waals surface area (Å²) in [6.45, 7) is 2.12. The van der Waals surface area contributed by atoms with Gasteiger partial charge in [-0.15, -0.1) is 0 Å². The third-order valence-corrected chi connectivity index (χ3v) is 2.59. The van der Waals surface area contributed by atoms with E-state index < -0.39 is 0 Å². The Balaban J connectivity index is 2.30. The monoisotopic (exact) mass is 198 g/mol. The topological polar surface area (TPSA) is 38.9 Å². The molecule has 1 heterocycles. The van der Waals surface area contributed by atoms with Crippen LogP contribution in [0.3, 0.4) is 0 Å². The zero-order chi connectivity index (χ0) is 10.7. The Morgan fingerprint density at radius 3 is 2.67 bits per heavy atom. The highest BCUT2D eigenvalue weighted by molar-refractivity contribution is 5.47. The molecule has 2 N–H and O–H groups in total. The van der Waals surface area contributed by atoms with E-state index in [4.69, 9.17) is 5.73 Å². The molecule has 2 nitrogen and oxygen atoms in total. The van der Waals surface area contributed by atoms with Gasteiger partial charge in [0.1, 0.15) is 0 Å². The molecule has 0 radical (unpaired) electrons. The van der Waals surface area contributed by atoms with Gasteiger partial charge in [-0.1, -0.05) is 24.3 Å². The van der Waals surface area contributed by atoms with Crippen molar-refractivity contribution in [2.24, 2.45) is 0 Å². The van der Waals surface area contributed by atoms with E-state index in [2.05, 4.69) is 36.2 Å². The van der Waals surface area contributed by atoms with Crippen molar-refractivity contribution in [1.82, 2.24) is 4.98 Å². The van der Waals surface area contributed by atoms with E-state index in [1.807, 2.05) is 6.07 Å². The first-order valence-corrected chi connectivity index (χ1v) is 5.00. The van der Waals surface area contributed by atoms with Gasteiger partial charge in [-0.2, -0.15) is 0 Å². The molecule has 0 unspecified atom stereocenters. The maximum atomic E-state index is 5.86. The number of aryl methyl sites for hydroxylation is 1. The molecule has 2 aromatic rings. The number of pyridine rings is 1. The number of nitrogens with zero attached hydrogens (tertiary/aromatic N) is 1. The van der Waals surface area contributed by atoms with Crippen molar-refractivity contribution in [1.29, 1.82) is 0 Å². The summed E-state index contributed by atoms with van der Waals surface area (Å²) >= 11 is 0. The lowest BCUT2D eigenvalue weighted by atomic mass is 10.0. The largest absolute Gasteiger partial charge is 0.397 e. The van der Waals surface area contributed by atoms with E-state index in [1.165, 1.54) is 11.1 Å². The molecule has 0 aliphatic rings. The molecule has 0 spiro atoms. The number of anilines is 1. The van der Waals surface area contributed by atoms with Crippen LogP contribution in [-0.2, 0) is 6.42 Å². The van der Waals surface area contributed by atoms with Gasteiger partial charge >= 0.3 is 0 Å². The number of aromatic nitrogens is 1. The lowest BCUT2D eigenvalue weighted by Gasteiger charge is -2.07. The van der Waals surface area contributed by atoms with Gasteiger partial charge in [-0.25, -0.2) is 0 Å². The van der Waals surface area contributed by atoms with Crippen molar-refractivity contribution in [3.8, 4) is 0 Å². The summed E-state index contributed by atoms with van der Waals surface area (Å²) in [4.78, 5) is 3.98. The second-order valence-corrected chi connectivity index (χ2v) is 3.68. The predicted molar refractivity (Wildman–Crippen MR) is 62.6 cm³/mol. The molecule has 0 bridgehead atoms. The third-order valence-electron chi connectivity index (χ3n) is 2.59. The maximum absolute atomic E-state index is 5.86. The summed E-state index contributed by atoms with van der Waals surface area (Å²) in [7, 11) is 0. The van der Waals surface area contributed by atoms with Crippen LogP contribution in [0.1, 0.15) is 16.7 Å². The Kier molecular flexibility index (Phi) is 2.68. The fraction of sp³-hybridized carbons (Fsp3) is 0.154. The lowest BCUT2D eigenvalue weighted by molar-refractivity contribution is 1.14. The predicted octanol–water partition coefficient (Wildman–Crippen LogP) is 2.56. The summed E-state index contributed by atoms with van der Waals surface area (Å²) in [5, 5.41) is 0. The zero-order valence-electron chi connectivity index (χ0n) is 8.77. The molecule has 2 rings (SSSR count). The normalized spacial score (nSPS) is 10.2. The van der Waals surface area contributed by atoms with Gasteiger partial charge in [0.15, 0.2) is 0 Å². The second-order valence-electron chi connectivity index (χ2n) is 3.68. The highest BCUT2D eigenvalue weighted by Crippen LogP contribution is 2.17. The minimum Gasteiger partial charge on any atom is -0.397 e. The van der Waals surface area contributed by atoms with E-state index in [0.29, 0.717) is 0 Å². The van der Waals surface area contributed by atoms with Crippen molar-refractivity contribution in [2.45, 2.75) is 13.3 Å². The summed E-state index contributed by atoms with van der Waals surface area (Å²) in [6.07, 6.45) is 4.36. The first-order valence-electron chi connectivity index (χ1n) is 5.00. The van der Waals surface area contributed by atoms with Gasteiger partial charge in [0.2, 0.25) is 0 Å². The van der Waals surface area contributed by atoms with Crippen molar-refractivity contribution in [3.63, 3.8) is 0 Å². The van der Waals surface area contributed by atoms with Crippen LogP contribution in [0.25, 0.3) is 0 Å². The standard InChI is InChI=1S/C13H14N2/c1-10-4-2-3-5-11(10)8-12-6-7-15-9-13(12)14/h2-7,9H,8,14H2,1H3. The van der Waals surface area contributed by atoms with E-state index in [0.717, 1.165) is 17.7 Å². The Bertz CT molecular complexity index is 420. The number of benzene rings is 1. The molecule has 0 fully saturated rings. The third kappa shape index (κ3) is 2.15. The molecule has 0 amide bonds. The minimum absolute atomic E-state index is 0.765. The van der Waals surface area contributed by atoms with Crippen molar-refractivity contribution >= 4 is 5.69 Å². The summed E-state index contributed by atoms with van der Waals surface area (Å²) in [5.74, 6) is 0. The molecule has 0 aliphatic carbocycles. The van der Waals surface area contributed by atoms with Crippen LogP contribution in [0.2, 0.25) is 0 Å². The fourth-order valence-corrected chi connectivity index (χ4v) is 1.61. The highest BCUT2D eigenvalue weighted by Gasteiger charge is 2.02. The van der Waals surface area contributed by atoms with Gasteiger partial charge in [-0.05, 0) is 36.1 Å².